The summed E-state index contributed by atoms with van der Waals surface area (Å²) in [7, 11) is 0. The second-order valence-corrected chi connectivity index (χ2v) is 8.73. The maximum atomic E-state index is 12.9. The van der Waals surface area contributed by atoms with Crippen molar-refractivity contribution in [3.63, 3.8) is 0 Å². The van der Waals surface area contributed by atoms with E-state index < -0.39 is 11.7 Å². The van der Waals surface area contributed by atoms with Gasteiger partial charge in [0, 0.05) is 28.3 Å². The molecule has 156 valence electrons. The SMILES string of the molecule is CC1CCC(C)N1C(=O)C1=CCCC(CSc2cccc(C(F)(F)F)c2)=CC=C1. The number of rotatable bonds is 4. The summed E-state index contributed by atoms with van der Waals surface area (Å²) in [5.74, 6) is 0.720. The molecule has 2 nitrogen and oxygen atoms in total. The fourth-order valence-electron chi connectivity index (χ4n) is 3.81. The smallest absolute Gasteiger partial charge is 0.333 e. The van der Waals surface area contributed by atoms with Gasteiger partial charge in [-0.3, -0.25) is 4.79 Å². The van der Waals surface area contributed by atoms with Crippen molar-refractivity contribution >= 4 is 17.7 Å². The van der Waals surface area contributed by atoms with Crippen LogP contribution < -0.4 is 0 Å². The van der Waals surface area contributed by atoms with E-state index in [9.17, 15) is 18.0 Å². The lowest BCUT2D eigenvalue weighted by molar-refractivity contribution is -0.137. The number of amides is 1. The third-order valence-electron chi connectivity index (χ3n) is 5.46. The first kappa shape index (κ1) is 21.8. The zero-order valence-electron chi connectivity index (χ0n) is 16.7. The van der Waals surface area contributed by atoms with Gasteiger partial charge in [0.1, 0.15) is 0 Å². The highest BCUT2D eigenvalue weighted by atomic mass is 32.2. The van der Waals surface area contributed by atoms with Gasteiger partial charge in [-0.05, 0) is 63.8 Å². The highest BCUT2D eigenvalue weighted by Crippen LogP contribution is 2.33. The summed E-state index contributed by atoms with van der Waals surface area (Å²) in [6.45, 7) is 4.19. The van der Waals surface area contributed by atoms with Crippen LogP contribution in [0.1, 0.15) is 45.1 Å². The number of carbonyl (C=O) groups is 1. The van der Waals surface area contributed by atoms with Gasteiger partial charge in [0.2, 0.25) is 0 Å². The van der Waals surface area contributed by atoms with Crippen molar-refractivity contribution in [1.82, 2.24) is 4.90 Å². The van der Waals surface area contributed by atoms with E-state index in [0.717, 1.165) is 42.9 Å². The Morgan fingerprint density at radius 2 is 1.93 bits per heavy atom. The van der Waals surface area contributed by atoms with E-state index >= 15 is 0 Å². The maximum absolute atomic E-state index is 12.9. The topological polar surface area (TPSA) is 20.3 Å². The summed E-state index contributed by atoms with van der Waals surface area (Å²) in [6.07, 6.45) is 7.01. The predicted octanol–water partition coefficient (Wildman–Crippen LogP) is 6.40. The van der Waals surface area contributed by atoms with Crippen LogP contribution in [0.3, 0.4) is 0 Å². The van der Waals surface area contributed by atoms with Gasteiger partial charge in [0.25, 0.3) is 5.91 Å². The normalized spacial score (nSPS) is 22.7. The van der Waals surface area contributed by atoms with Crippen LogP contribution in [0.25, 0.3) is 0 Å². The van der Waals surface area contributed by atoms with Crippen LogP contribution in [0.2, 0.25) is 0 Å². The molecule has 3 rings (SSSR count). The lowest BCUT2D eigenvalue weighted by Crippen LogP contribution is -2.39. The number of benzene rings is 1. The van der Waals surface area contributed by atoms with Crippen molar-refractivity contribution in [2.24, 2.45) is 0 Å². The molecule has 0 spiro atoms. The van der Waals surface area contributed by atoms with Crippen molar-refractivity contribution < 1.29 is 18.0 Å². The number of hydrogen-bond acceptors (Lipinski definition) is 2. The van der Waals surface area contributed by atoms with Gasteiger partial charge in [-0.1, -0.05) is 29.9 Å². The Balaban J connectivity index is 1.62. The van der Waals surface area contributed by atoms with E-state index in [0.29, 0.717) is 10.6 Å². The van der Waals surface area contributed by atoms with Crippen LogP contribution >= 0.6 is 11.8 Å². The minimum absolute atomic E-state index is 0.0916. The Morgan fingerprint density at radius 3 is 2.62 bits per heavy atom. The Labute approximate surface area is 174 Å². The minimum Gasteiger partial charge on any atom is -0.333 e. The van der Waals surface area contributed by atoms with Crippen LogP contribution in [0.5, 0.6) is 0 Å². The number of nitrogens with zero attached hydrogens (tertiary/aromatic N) is 1. The summed E-state index contributed by atoms with van der Waals surface area (Å²) < 4.78 is 38.6. The minimum atomic E-state index is -4.32. The number of likely N-dealkylation sites (tertiary alicyclic amines) is 1. The number of carbonyl (C=O) groups excluding carboxylic acids is 1. The van der Waals surface area contributed by atoms with Crippen molar-refractivity contribution in [1.29, 1.82) is 0 Å². The van der Waals surface area contributed by atoms with E-state index in [2.05, 4.69) is 13.8 Å². The van der Waals surface area contributed by atoms with E-state index in [1.807, 2.05) is 29.2 Å². The molecule has 2 aliphatic rings. The third kappa shape index (κ3) is 5.56. The first-order valence-electron chi connectivity index (χ1n) is 9.94. The number of halogens is 3. The molecule has 1 amide bonds. The molecule has 1 fully saturated rings. The predicted molar refractivity (Wildman–Crippen MR) is 112 cm³/mol. The molecule has 0 saturated carbocycles. The van der Waals surface area contributed by atoms with Crippen LogP contribution in [0.15, 0.2) is 64.6 Å². The largest absolute Gasteiger partial charge is 0.416 e. The van der Waals surface area contributed by atoms with Gasteiger partial charge in [0.15, 0.2) is 0 Å². The van der Waals surface area contributed by atoms with Crippen LogP contribution in [0.4, 0.5) is 13.2 Å². The van der Waals surface area contributed by atoms with Gasteiger partial charge in [-0.15, -0.1) is 11.8 Å². The average molecular weight is 422 g/mol. The molecule has 1 saturated heterocycles. The number of alkyl halides is 3. The summed E-state index contributed by atoms with van der Waals surface area (Å²) in [5, 5.41) is 0. The second-order valence-electron chi connectivity index (χ2n) is 7.68. The Morgan fingerprint density at radius 1 is 1.21 bits per heavy atom. The third-order valence-corrected chi connectivity index (χ3v) is 6.56. The zero-order chi connectivity index (χ0) is 21.0. The Hall–Kier alpha value is -1.95. The number of allylic oxidation sites excluding steroid dienone is 3. The monoisotopic (exact) mass is 421 g/mol. The summed E-state index contributed by atoms with van der Waals surface area (Å²) in [6, 6.07) is 5.97. The standard InChI is InChI=1S/C23H26F3NOS/c1-16-12-13-17(2)27(16)22(28)19-8-3-6-18(7-4-9-19)15-29-21-11-5-10-20(14-21)23(24,25)26/h3,5-6,8-11,14,16-17H,4,7,12-13,15H2,1-2H3. The summed E-state index contributed by atoms with van der Waals surface area (Å²) in [5.41, 5.74) is 1.26. The fourth-order valence-corrected chi connectivity index (χ4v) is 4.79. The van der Waals surface area contributed by atoms with E-state index in [4.69, 9.17) is 0 Å². The molecular weight excluding hydrogens is 395 g/mol. The van der Waals surface area contributed by atoms with Crippen molar-refractivity contribution in [3.05, 3.63) is 65.3 Å². The van der Waals surface area contributed by atoms with Crippen LogP contribution in [-0.2, 0) is 11.0 Å². The molecule has 2 atom stereocenters. The molecule has 0 radical (unpaired) electrons. The quantitative estimate of drug-likeness (QED) is 0.524. The van der Waals surface area contributed by atoms with E-state index in [-0.39, 0.29) is 18.0 Å². The highest BCUT2D eigenvalue weighted by Gasteiger charge is 2.32. The van der Waals surface area contributed by atoms with Gasteiger partial charge in [-0.2, -0.15) is 13.2 Å². The molecule has 6 heteroatoms. The van der Waals surface area contributed by atoms with Gasteiger partial charge < -0.3 is 4.90 Å². The molecule has 1 aliphatic carbocycles. The van der Waals surface area contributed by atoms with Crippen molar-refractivity contribution in [2.75, 3.05) is 5.75 Å². The molecule has 2 unspecified atom stereocenters. The van der Waals surface area contributed by atoms with Gasteiger partial charge in [0.05, 0.1) is 5.56 Å². The van der Waals surface area contributed by atoms with E-state index in [1.165, 1.54) is 23.9 Å². The Bertz CT molecular complexity index is 831. The first-order chi connectivity index (χ1) is 13.8. The first-order valence-corrected chi connectivity index (χ1v) is 10.9. The molecule has 1 aromatic carbocycles. The zero-order valence-corrected chi connectivity index (χ0v) is 17.5. The Kier molecular flexibility index (Phi) is 6.93. The van der Waals surface area contributed by atoms with Crippen molar-refractivity contribution in [2.45, 2.75) is 62.7 Å². The van der Waals surface area contributed by atoms with Gasteiger partial charge in [-0.25, -0.2) is 0 Å². The van der Waals surface area contributed by atoms with Crippen LogP contribution in [0, 0.1) is 0 Å². The fraction of sp³-hybridized carbons (Fsp3) is 0.435. The molecule has 0 N–H and O–H groups in total. The van der Waals surface area contributed by atoms with Crippen molar-refractivity contribution in [3.8, 4) is 0 Å². The lowest BCUT2D eigenvalue weighted by Gasteiger charge is -2.27. The molecule has 29 heavy (non-hydrogen) atoms. The van der Waals surface area contributed by atoms with Crippen LogP contribution in [-0.4, -0.2) is 28.6 Å². The molecule has 0 aromatic heterocycles. The molecule has 1 aromatic rings. The summed E-state index contributed by atoms with van der Waals surface area (Å²) >= 11 is 1.40. The molecular formula is C23H26F3NOS. The molecule has 1 heterocycles. The second kappa shape index (κ2) is 9.24. The number of hydrogen-bond donors (Lipinski definition) is 0. The highest BCUT2D eigenvalue weighted by molar-refractivity contribution is 7.99. The average Bonchev–Trinajstić information content (AvgIpc) is 2.98. The summed E-state index contributed by atoms with van der Waals surface area (Å²) in [4.78, 5) is 15.5. The lowest BCUT2D eigenvalue weighted by atomic mass is 10.0. The number of thioether (sulfide) groups is 1. The molecule has 0 bridgehead atoms. The van der Waals surface area contributed by atoms with Gasteiger partial charge >= 0.3 is 6.18 Å². The van der Waals surface area contributed by atoms with E-state index in [1.54, 1.807) is 6.07 Å². The molecule has 1 aliphatic heterocycles. The maximum Gasteiger partial charge on any atom is 0.416 e.